The summed E-state index contributed by atoms with van der Waals surface area (Å²) in [4.78, 5) is 3.86. The molecule has 0 saturated carbocycles. The Morgan fingerprint density at radius 3 is 2.04 bits per heavy atom. The number of hydrogen-bond donors (Lipinski definition) is 0. The predicted molar refractivity (Wildman–Crippen MR) is 112 cm³/mol. The maximum absolute atomic E-state index is 7.91. The first kappa shape index (κ1) is 23.4. The zero-order chi connectivity index (χ0) is 20.3. The van der Waals surface area contributed by atoms with Crippen LogP contribution < -0.4 is 4.74 Å². The molecule has 0 fully saturated rings. The molecule has 0 aliphatic rings. The fourth-order valence-electron chi connectivity index (χ4n) is 2.43. The Bertz CT molecular complexity index is 611. The minimum absolute atomic E-state index is 0.511. The Morgan fingerprint density at radius 2 is 1.63 bits per heavy atom. The van der Waals surface area contributed by atoms with Crippen molar-refractivity contribution in [1.29, 1.82) is 0 Å². The molecular formula is C21H33NO4Si. The fraction of sp³-hybridized carbons (Fsp3) is 0.571. The first-order valence-electron chi connectivity index (χ1n) is 9.45. The number of ether oxygens (including phenoxy) is 3. The predicted octanol–water partition coefficient (Wildman–Crippen LogP) is 5.35. The van der Waals surface area contributed by atoms with Crippen molar-refractivity contribution >= 4 is 14.4 Å². The van der Waals surface area contributed by atoms with Crippen LogP contribution in [-0.4, -0.2) is 40.7 Å². The maximum Gasteiger partial charge on any atom is 0.399 e. The van der Waals surface area contributed by atoms with Crippen molar-refractivity contribution in [3.05, 3.63) is 47.3 Å². The molecule has 0 amide bonds. The average Bonchev–Trinajstić information content (AvgIpc) is 2.65. The topological polar surface area (TPSA) is 41.3 Å². The van der Waals surface area contributed by atoms with Gasteiger partial charge in [0.2, 0.25) is 0 Å². The Hall–Kier alpha value is -1.65. The molecule has 0 aromatic heterocycles. The molecule has 0 bridgehead atoms. The molecule has 1 aromatic rings. The standard InChI is InChI=1S/C21H33NO4Si/c1-8-16-24-20(25-17-9-2)21(22-3,26-27(5,6)7)15-14-18-10-12-19(23-4)13-11-18/h10-15,20H,8-9,16-17H2,1-2,4-7H3/b15-14+. The second-order valence-corrected chi connectivity index (χ2v) is 11.7. The van der Waals surface area contributed by atoms with Crippen molar-refractivity contribution in [3.63, 3.8) is 0 Å². The zero-order valence-electron chi connectivity index (χ0n) is 17.5. The van der Waals surface area contributed by atoms with Crippen molar-refractivity contribution in [2.24, 2.45) is 0 Å². The lowest BCUT2D eigenvalue weighted by molar-refractivity contribution is -0.202. The lowest BCUT2D eigenvalue weighted by atomic mass is 10.1. The highest BCUT2D eigenvalue weighted by molar-refractivity contribution is 6.69. The van der Waals surface area contributed by atoms with Crippen molar-refractivity contribution in [2.45, 2.75) is 58.3 Å². The lowest BCUT2D eigenvalue weighted by Gasteiger charge is -2.32. The van der Waals surface area contributed by atoms with Gasteiger partial charge in [0.05, 0.1) is 7.11 Å². The highest BCUT2D eigenvalue weighted by atomic mass is 28.4. The largest absolute Gasteiger partial charge is 0.497 e. The number of methoxy groups -OCH3 is 1. The molecule has 0 radical (unpaired) electrons. The van der Waals surface area contributed by atoms with Crippen LogP contribution in [0.25, 0.3) is 10.9 Å². The summed E-state index contributed by atoms with van der Waals surface area (Å²) in [7, 11) is -0.416. The van der Waals surface area contributed by atoms with Crippen molar-refractivity contribution in [2.75, 3.05) is 20.3 Å². The van der Waals surface area contributed by atoms with E-state index in [2.05, 4.69) is 24.5 Å². The maximum atomic E-state index is 7.91. The third-order valence-corrected chi connectivity index (χ3v) is 4.50. The monoisotopic (exact) mass is 391 g/mol. The van der Waals surface area contributed by atoms with Gasteiger partial charge in [-0.1, -0.05) is 26.0 Å². The van der Waals surface area contributed by atoms with Crippen molar-refractivity contribution < 1.29 is 18.6 Å². The molecule has 0 aliphatic carbocycles. The Morgan fingerprint density at radius 1 is 1.07 bits per heavy atom. The summed E-state index contributed by atoms with van der Waals surface area (Å²) < 4.78 is 23.3. The summed E-state index contributed by atoms with van der Waals surface area (Å²) in [5.41, 5.74) is -0.359. The van der Waals surface area contributed by atoms with E-state index in [1.54, 1.807) is 13.2 Å². The minimum Gasteiger partial charge on any atom is -0.497 e. The minimum atomic E-state index is -2.05. The summed E-state index contributed by atoms with van der Waals surface area (Å²) in [5.74, 6) is 0.789. The molecule has 1 aromatic carbocycles. The second-order valence-electron chi connectivity index (χ2n) is 7.26. The molecule has 0 saturated heterocycles. The number of nitrogens with zero attached hydrogens (tertiary/aromatic N) is 1. The first-order valence-corrected chi connectivity index (χ1v) is 12.9. The molecule has 0 N–H and O–H groups in total. The average molecular weight is 392 g/mol. The summed E-state index contributed by atoms with van der Waals surface area (Å²) in [6.07, 6.45) is 4.58. The van der Waals surface area contributed by atoms with Gasteiger partial charge in [0, 0.05) is 19.3 Å². The Balaban J connectivity index is 3.23. The van der Waals surface area contributed by atoms with Crippen LogP contribution in [0.1, 0.15) is 32.3 Å². The molecule has 1 rings (SSSR count). The number of benzene rings is 1. The van der Waals surface area contributed by atoms with Crippen LogP contribution in [0, 0.1) is 6.57 Å². The van der Waals surface area contributed by atoms with Gasteiger partial charge in [0.25, 0.3) is 6.29 Å². The summed E-state index contributed by atoms with van der Waals surface area (Å²) in [5, 5.41) is 0. The van der Waals surface area contributed by atoms with Gasteiger partial charge in [-0.2, -0.15) is 0 Å². The van der Waals surface area contributed by atoms with E-state index in [1.807, 2.05) is 44.2 Å². The molecular weight excluding hydrogens is 358 g/mol. The molecule has 150 valence electrons. The molecule has 5 nitrogen and oxygen atoms in total. The Kier molecular flexibility index (Phi) is 9.74. The van der Waals surface area contributed by atoms with E-state index in [0.29, 0.717) is 13.2 Å². The smallest absolute Gasteiger partial charge is 0.399 e. The number of rotatable bonds is 12. The van der Waals surface area contributed by atoms with E-state index in [4.69, 9.17) is 25.2 Å². The fourth-order valence-corrected chi connectivity index (χ4v) is 3.62. The molecule has 0 spiro atoms. The van der Waals surface area contributed by atoms with E-state index < -0.39 is 20.3 Å². The molecule has 1 unspecified atom stereocenters. The lowest BCUT2D eigenvalue weighted by Crippen LogP contribution is -2.50. The van der Waals surface area contributed by atoms with Crippen LogP contribution in [0.4, 0.5) is 0 Å². The zero-order valence-corrected chi connectivity index (χ0v) is 18.5. The van der Waals surface area contributed by atoms with Gasteiger partial charge in [0.15, 0.2) is 8.32 Å². The van der Waals surface area contributed by atoms with E-state index in [9.17, 15) is 0 Å². The van der Waals surface area contributed by atoms with Gasteiger partial charge >= 0.3 is 5.72 Å². The second kappa shape index (κ2) is 11.2. The van der Waals surface area contributed by atoms with E-state index in [1.165, 1.54) is 0 Å². The normalized spacial score (nSPS) is 14.3. The van der Waals surface area contributed by atoms with Gasteiger partial charge in [-0.15, -0.1) is 0 Å². The van der Waals surface area contributed by atoms with E-state index in [0.717, 1.165) is 24.2 Å². The quantitative estimate of drug-likeness (QED) is 0.273. The summed E-state index contributed by atoms with van der Waals surface area (Å²) in [6, 6.07) is 7.65. The molecule has 6 heteroatoms. The molecule has 0 aliphatic heterocycles. The first-order chi connectivity index (χ1) is 12.8. The van der Waals surface area contributed by atoms with E-state index >= 15 is 0 Å². The van der Waals surface area contributed by atoms with E-state index in [-0.39, 0.29) is 0 Å². The van der Waals surface area contributed by atoms with Crippen LogP contribution in [0.3, 0.4) is 0 Å². The van der Waals surface area contributed by atoms with Crippen LogP contribution in [-0.2, 0) is 13.9 Å². The summed E-state index contributed by atoms with van der Waals surface area (Å²) >= 11 is 0. The van der Waals surface area contributed by atoms with Crippen LogP contribution >= 0.6 is 0 Å². The third kappa shape index (κ3) is 7.85. The van der Waals surface area contributed by atoms with Gasteiger partial charge in [-0.05, 0) is 56.3 Å². The highest BCUT2D eigenvalue weighted by Gasteiger charge is 2.50. The molecule has 1 atom stereocenters. The molecule has 0 heterocycles. The summed E-state index contributed by atoms with van der Waals surface area (Å²) in [6.45, 7) is 19.2. The van der Waals surface area contributed by atoms with Crippen molar-refractivity contribution in [1.82, 2.24) is 0 Å². The molecule has 27 heavy (non-hydrogen) atoms. The van der Waals surface area contributed by atoms with Gasteiger partial charge in [-0.25, -0.2) is 6.57 Å². The Labute approximate surface area is 165 Å². The van der Waals surface area contributed by atoms with Gasteiger partial charge < -0.3 is 18.6 Å². The SMILES string of the molecule is [C-]#[N+]C(/C=C/c1ccc(OC)cc1)(O[Si](C)(C)C)C(OCCC)OCCC. The van der Waals surface area contributed by atoms with Gasteiger partial charge in [0.1, 0.15) is 5.75 Å². The van der Waals surface area contributed by atoms with Crippen LogP contribution in [0.2, 0.25) is 19.6 Å². The van der Waals surface area contributed by atoms with Crippen LogP contribution in [0.15, 0.2) is 30.3 Å². The van der Waals surface area contributed by atoms with Gasteiger partial charge in [-0.3, -0.25) is 4.85 Å². The highest BCUT2D eigenvalue weighted by Crippen LogP contribution is 2.30. The van der Waals surface area contributed by atoms with Crippen molar-refractivity contribution in [3.8, 4) is 5.75 Å². The number of hydrogen-bond acceptors (Lipinski definition) is 4. The third-order valence-electron chi connectivity index (χ3n) is 3.56. The van der Waals surface area contributed by atoms with Crippen LogP contribution in [0.5, 0.6) is 5.75 Å².